The second-order valence-corrected chi connectivity index (χ2v) is 5.86. The van der Waals surface area contributed by atoms with Gasteiger partial charge < -0.3 is 24.4 Å². The first kappa shape index (κ1) is 22.2. The third kappa shape index (κ3) is 4.83. The molecule has 0 saturated carbocycles. The van der Waals surface area contributed by atoms with E-state index < -0.39 is 6.10 Å². The third-order valence-corrected chi connectivity index (χ3v) is 3.99. The van der Waals surface area contributed by atoms with Gasteiger partial charge in [0.2, 0.25) is 11.5 Å². The van der Waals surface area contributed by atoms with Crippen LogP contribution in [0.4, 0.5) is 0 Å². The summed E-state index contributed by atoms with van der Waals surface area (Å²) in [6.07, 6.45) is 0.543. The Balaban J connectivity index is 0.000000321. The van der Waals surface area contributed by atoms with Crippen molar-refractivity contribution >= 4 is 22.1 Å². The van der Waals surface area contributed by atoms with Gasteiger partial charge in [-0.05, 0) is 19.1 Å². The van der Waals surface area contributed by atoms with Crippen molar-refractivity contribution in [2.45, 2.75) is 13.0 Å². The zero-order chi connectivity index (χ0) is 21.4. The van der Waals surface area contributed by atoms with Gasteiger partial charge in [0.15, 0.2) is 0 Å². The molecule has 0 radical (unpaired) electrons. The van der Waals surface area contributed by atoms with Crippen molar-refractivity contribution < 1.29 is 44.3 Å². The van der Waals surface area contributed by atoms with Crippen molar-refractivity contribution in [2.24, 2.45) is 0 Å². The number of nitrogens with zero attached hydrogens (tertiary/aromatic N) is 2. The molecule has 156 valence electrons. The highest BCUT2D eigenvalue weighted by Gasteiger charge is 2.33. The second-order valence-electron chi connectivity index (χ2n) is 5.86. The van der Waals surface area contributed by atoms with Gasteiger partial charge in [-0.1, -0.05) is 18.7 Å². The largest absolute Gasteiger partial charge is 0.490 e. The monoisotopic (exact) mass is 406 g/mol. The summed E-state index contributed by atoms with van der Waals surface area (Å²) in [4.78, 5) is 0. The third-order valence-electron chi connectivity index (χ3n) is 3.99. The highest BCUT2D eigenvalue weighted by Crippen LogP contribution is 2.25. The Morgan fingerprint density at radius 3 is 2.07 bits per heavy atom. The number of fused-ring (bicyclic) bond motifs is 2. The van der Waals surface area contributed by atoms with Crippen molar-refractivity contribution in [1.29, 1.82) is 0 Å². The molecule has 3 rings (SSSR count). The average molecular weight is 406 g/mol. The van der Waals surface area contributed by atoms with E-state index in [1.807, 2.05) is 6.92 Å². The molecule has 29 heavy (non-hydrogen) atoms. The van der Waals surface area contributed by atoms with Gasteiger partial charge in [0.25, 0.3) is 0 Å². The number of para-hydroxylation sites is 2. The number of hydrogen-bond donors (Lipinski definition) is 4. The van der Waals surface area contributed by atoms with E-state index in [1.54, 1.807) is 36.4 Å². The topological polar surface area (TPSA) is 116 Å². The number of benzene rings is 2. The van der Waals surface area contributed by atoms with Gasteiger partial charge in [0.1, 0.15) is 6.10 Å². The fourth-order valence-electron chi connectivity index (χ4n) is 2.69. The molecule has 3 aromatic rings. The number of hydrogen-bond acceptors (Lipinski definition) is 7. The van der Waals surface area contributed by atoms with Gasteiger partial charge in [0.05, 0.1) is 26.6 Å². The molecule has 1 unspecified atom stereocenters. The molecule has 0 aliphatic rings. The summed E-state index contributed by atoms with van der Waals surface area (Å²) in [6, 6.07) is 10.1. The van der Waals surface area contributed by atoms with Gasteiger partial charge in [-0.2, -0.15) is 0 Å². The van der Waals surface area contributed by atoms with Crippen LogP contribution in [0, 0.1) is 0 Å². The average Bonchev–Trinajstić information content (AvgIpc) is 2.75. The summed E-state index contributed by atoms with van der Waals surface area (Å²) in [5.41, 5.74) is 1.42. The summed E-state index contributed by atoms with van der Waals surface area (Å²) >= 11 is 0. The minimum absolute atomic E-state index is 0.222. The highest BCUT2D eigenvalue weighted by molar-refractivity contribution is 5.82. The van der Waals surface area contributed by atoms with E-state index >= 15 is 0 Å². The molecule has 9 nitrogen and oxygen atoms in total. The summed E-state index contributed by atoms with van der Waals surface area (Å²) < 4.78 is 17.2. The quantitative estimate of drug-likeness (QED) is 0.200. The van der Waals surface area contributed by atoms with Crippen LogP contribution in [0.5, 0.6) is 11.5 Å². The van der Waals surface area contributed by atoms with E-state index in [-0.39, 0.29) is 13.2 Å². The van der Waals surface area contributed by atoms with Crippen molar-refractivity contribution in [1.82, 2.24) is 0 Å². The van der Waals surface area contributed by atoms with Crippen molar-refractivity contribution in [3.63, 3.8) is 0 Å². The van der Waals surface area contributed by atoms with Crippen LogP contribution in [0.15, 0.2) is 49.2 Å². The lowest BCUT2D eigenvalue weighted by atomic mass is 10.2. The minimum Gasteiger partial charge on any atom is -0.490 e. The summed E-state index contributed by atoms with van der Waals surface area (Å²) in [6.45, 7) is 5.93. The van der Waals surface area contributed by atoms with Crippen LogP contribution in [0.25, 0.3) is 22.1 Å². The first-order valence-corrected chi connectivity index (χ1v) is 8.92. The highest BCUT2D eigenvalue weighted by atomic mass is 16.5. The van der Waals surface area contributed by atoms with Gasteiger partial charge in [-0.25, -0.2) is 0 Å². The van der Waals surface area contributed by atoms with Gasteiger partial charge in [0, 0.05) is 28.2 Å². The zero-order valence-corrected chi connectivity index (χ0v) is 16.4. The Hall–Kier alpha value is -3.14. The lowest BCUT2D eigenvalue weighted by Gasteiger charge is -2.04. The van der Waals surface area contributed by atoms with Crippen LogP contribution in [0.2, 0.25) is 0 Å². The molecule has 2 aromatic carbocycles. The number of aliphatic hydroxyl groups is 2. The van der Waals surface area contributed by atoms with Crippen LogP contribution in [0.1, 0.15) is 6.92 Å². The molecule has 0 saturated heterocycles. The molecular weight excluding hydrogens is 380 g/mol. The van der Waals surface area contributed by atoms with Crippen LogP contribution >= 0.6 is 0 Å². The number of aromatic nitrogens is 2. The molecule has 0 aliphatic carbocycles. The van der Waals surface area contributed by atoms with E-state index in [1.165, 1.54) is 13.4 Å². The molecule has 0 bridgehead atoms. The molecule has 1 heterocycles. The smallest absolute Gasteiger partial charge is 0.375 e. The van der Waals surface area contributed by atoms with Gasteiger partial charge in [-0.3, -0.25) is 10.4 Å². The van der Waals surface area contributed by atoms with E-state index in [9.17, 15) is 10.4 Å². The lowest BCUT2D eigenvalue weighted by Crippen LogP contribution is -2.43. The van der Waals surface area contributed by atoms with E-state index in [4.69, 9.17) is 24.4 Å². The first-order chi connectivity index (χ1) is 14.0. The maximum atomic E-state index is 10.5. The van der Waals surface area contributed by atoms with E-state index in [2.05, 4.69) is 6.58 Å². The SMILES string of the molecule is C=COc1cccc2c1[n+](O)c1cccc(OC)c1[n+]2O.CCOCC(O)CO. The van der Waals surface area contributed by atoms with Crippen LogP contribution in [-0.4, -0.2) is 53.7 Å². The molecule has 1 atom stereocenters. The number of aliphatic hydroxyl groups excluding tert-OH is 2. The predicted molar refractivity (Wildman–Crippen MR) is 103 cm³/mol. The van der Waals surface area contributed by atoms with Crippen molar-refractivity contribution in [2.75, 3.05) is 26.9 Å². The molecule has 0 aliphatic heterocycles. The Labute approximate surface area is 167 Å². The van der Waals surface area contributed by atoms with E-state index in [0.717, 1.165) is 9.46 Å². The maximum absolute atomic E-state index is 10.5. The van der Waals surface area contributed by atoms with Crippen LogP contribution in [-0.2, 0) is 4.74 Å². The molecule has 0 fully saturated rings. The standard InChI is InChI=1S/C15H14N2O4.C5H12O3/c1-3-21-13-9-5-7-11-15(13)17(19)10-6-4-8-12(20-2)14(10)16(11)18;1-2-8-4-5(7)3-6/h3-9,18-19H,1H2,2H3;5-7H,2-4H2,1H3/q+2;. The van der Waals surface area contributed by atoms with Crippen molar-refractivity contribution in [3.05, 3.63) is 49.2 Å². The zero-order valence-electron chi connectivity index (χ0n) is 16.4. The minimum atomic E-state index is -0.713. The summed E-state index contributed by atoms with van der Waals surface area (Å²) in [7, 11) is 1.50. The first-order valence-electron chi connectivity index (χ1n) is 8.92. The van der Waals surface area contributed by atoms with Crippen molar-refractivity contribution in [3.8, 4) is 11.5 Å². The maximum Gasteiger partial charge on any atom is 0.375 e. The van der Waals surface area contributed by atoms with Crippen LogP contribution in [0.3, 0.4) is 0 Å². The Bertz CT molecular complexity index is 978. The van der Waals surface area contributed by atoms with Crippen LogP contribution < -0.4 is 18.9 Å². The number of ether oxygens (including phenoxy) is 3. The van der Waals surface area contributed by atoms with Gasteiger partial charge >= 0.3 is 22.1 Å². The number of methoxy groups -OCH3 is 1. The normalized spacial score (nSPS) is 11.6. The molecule has 0 amide bonds. The Morgan fingerprint density at radius 2 is 1.59 bits per heavy atom. The Kier molecular flexibility index (Phi) is 7.96. The fourth-order valence-corrected chi connectivity index (χ4v) is 2.69. The second kappa shape index (κ2) is 10.4. The number of rotatable bonds is 7. The molecule has 9 heteroatoms. The lowest BCUT2D eigenvalue weighted by molar-refractivity contribution is -0.894. The summed E-state index contributed by atoms with van der Waals surface area (Å²) in [5.74, 6) is 0.812. The predicted octanol–water partition coefficient (Wildman–Crippen LogP) is 0.950. The molecule has 0 spiro atoms. The van der Waals surface area contributed by atoms with E-state index in [0.29, 0.717) is 40.2 Å². The fraction of sp³-hybridized carbons (Fsp3) is 0.300. The molecule has 4 N–H and O–H groups in total. The molecular formula is C20H26N2O7+2. The molecule has 1 aromatic heterocycles. The van der Waals surface area contributed by atoms with Gasteiger partial charge in [-0.15, -0.1) is 0 Å². The summed E-state index contributed by atoms with van der Waals surface area (Å²) in [5, 5.41) is 37.8. The Morgan fingerprint density at radius 1 is 1.03 bits per heavy atom.